The third-order valence-electron chi connectivity index (χ3n) is 3.07. The van der Waals surface area contributed by atoms with Gasteiger partial charge in [0.25, 0.3) is 0 Å². The van der Waals surface area contributed by atoms with Gasteiger partial charge in [-0.15, -0.1) is 6.58 Å². The Morgan fingerprint density at radius 2 is 1.89 bits per heavy atom. The molecule has 0 aromatic heterocycles. The highest BCUT2D eigenvalue weighted by molar-refractivity contribution is 5.78. The molecule has 0 atom stereocenters. The monoisotopic (exact) mass is 260 g/mol. The lowest BCUT2D eigenvalue weighted by atomic mass is 9.87. The number of hydrogen-bond acceptors (Lipinski definition) is 2. The Bertz CT molecular complexity index is 429. The van der Waals surface area contributed by atoms with Crippen LogP contribution in [0.15, 0.2) is 36.9 Å². The summed E-state index contributed by atoms with van der Waals surface area (Å²) in [5, 5.41) is 0. The van der Waals surface area contributed by atoms with E-state index in [1.165, 1.54) is 5.56 Å². The lowest BCUT2D eigenvalue weighted by Gasteiger charge is -2.22. The Morgan fingerprint density at radius 3 is 2.32 bits per heavy atom. The summed E-state index contributed by atoms with van der Waals surface area (Å²) in [7, 11) is 0. The molecule has 0 aliphatic heterocycles. The van der Waals surface area contributed by atoms with Gasteiger partial charge in [0.1, 0.15) is 0 Å². The summed E-state index contributed by atoms with van der Waals surface area (Å²) < 4.78 is 0. The van der Waals surface area contributed by atoms with Crippen molar-refractivity contribution >= 4 is 5.91 Å². The molecule has 0 bridgehead atoms. The molecule has 19 heavy (non-hydrogen) atoms. The quantitative estimate of drug-likeness (QED) is 0.827. The van der Waals surface area contributed by atoms with Gasteiger partial charge in [0, 0.05) is 13.1 Å². The van der Waals surface area contributed by atoms with Gasteiger partial charge in [-0.2, -0.15) is 0 Å². The van der Waals surface area contributed by atoms with E-state index in [2.05, 4.69) is 51.6 Å². The fourth-order valence-electron chi connectivity index (χ4n) is 1.87. The molecule has 1 rings (SSSR count). The van der Waals surface area contributed by atoms with Crippen LogP contribution >= 0.6 is 0 Å². The number of nitrogens with two attached hydrogens (primary N) is 1. The Morgan fingerprint density at radius 1 is 1.32 bits per heavy atom. The van der Waals surface area contributed by atoms with Crippen molar-refractivity contribution in [2.45, 2.75) is 32.7 Å². The van der Waals surface area contributed by atoms with Crippen LogP contribution in [0.1, 0.15) is 31.9 Å². The first-order valence-electron chi connectivity index (χ1n) is 6.56. The molecule has 0 spiro atoms. The predicted octanol–water partition coefficient (Wildman–Crippen LogP) is 2.46. The number of benzene rings is 1. The van der Waals surface area contributed by atoms with Crippen LogP contribution in [0.3, 0.4) is 0 Å². The Kier molecular flexibility index (Phi) is 5.31. The Labute approximate surface area is 116 Å². The standard InChI is InChI=1S/C16H24N2O/c1-5-10-18(15(19)11-17)12-13-6-8-14(9-7-13)16(2,3)4/h5-9H,1,10-12,17H2,2-4H3. The van der Waals surface area contributed by atoms with Crippen LogP contribution < -0.4 is 5.73 Å². The van der Waals surface area contributed by atoms with Gasteiger partial charge in [0.05, 0.1) is 6.54 Å². The van der Waals surface area contributed by atoms with E-state index >= 15 is 0 Å². The zero-order valence-corrected chi connectivity index (χ0v) is 12.1. The van der Waals surface area contributed by atoms with Crippen molar-refractivity contribution in [2.75, 3.05) is 13.1 Å². The first-order chi connectivity index (χ1) is 8.88. The molecular weight excluding hydrogens is 236 g/mol. The second kappa shape index (κ2) is 6.53. The van der Waals surface area contributed by atoms with Crippen LogP contribution in [0.25, 0.3) is 0 Å². The van der Waals surface area contributed by atoms with Gasteiger partial charge in [-0.25, -0.2) is 0 Å². The first-order valence-corrected chi connectivity index (χ1v) is 6.56. The Balaban J connectivity index is 2.80. The van der Waals surface area contributed by atoms with Crippen molar-refractivity contribution in [3.8, 4) is 0 Å². The van der Waals surface area contributed by atoms with E-state index in [9.17, 15) is 4.79 Å². The molecule has 0 aliphatic carbocycles. The molecule has 0 heterocycles. The number of amides is 1. The average Bonchev–Trinajstić information content (AvgIpc) is 2.37. The molecule has 2 N–H and O–H groups in total. The van der Waals surface area contributed by atoms with Gasteiger partial charge in [-0.1, -0.05) is 51.1 Å². The molecule has 0 radical (unpaired) electrons. The third kappa shape index (κ3) is 4.52. The van der Waals surface area contributed by atoms with Gasteiger partial charge in [-0.3, -0.25) is 4.79 Å². The average molecular weight is 260 g/mol. The minimum absolute atomic E-state index is 0.0356. The zero-order valence-electron chi connectivity index (χ0n) is 12.1. The van der Waals surface area contributed by atoms with Gasteiger partial charge in [-0.05, 0) is 16.5 Å². The van der Waals surface area contributed by atoms with Crippen LogP contribution in [0.5, 0.6) is 0 Å². The number of carbonyl (C=O) groups is 1. The summed E-state index contributed by atoms with van der Waals surface area (Å²) in [6, 6.07) is 8.38. The topological polar surface area (TPSA) is 46.3 Å². The SMILES string of the molecule is C=CCN(Cc1ccc(C(C)(C)C)cc1)C(=O)CN. The lowest BCUT2D eigenvalue weighted by Crippen LogP contribution is -2.35. The second-order valence-electron chi connectivity index (χ2n) is 5.71. The molecule has 0 fully saturated rings. The number of nitrogens with zero attached hydrogens (tertiary/aromatic N) is 1. The van der Waals surface area contributed by atoms with Gasteiger partial charge >= 0.3 is 0 Å². The van der Waals surface area contributed by atoms with Crippen molar-refractivity contribution in [1.29, 1.82) is 0 Å². The van der Waals surface area contributed by atoms with Gasteiger partial charge in [0.2, 0.25) is 5.91 Å². The fourth-order valence-corrected chi connectivity index (χ4v) is 1.87. The zero-order chi connectivity index (χ0) is 14.5. The summed E-state index contributed by atoms with van der Waals surface area (Å²) in [6.45, 7) is 11.4. The highest BCUT2D eigenvalue weighted by Gasteiger charge is 2.14. The summed E-state index contributed by atoms with van der Waals surface area (Å²) in [4.78, 5) is 13.4. The maximum Gasteiger partial charge on any atom is 0.236 e. The van der Waals surface area contributed by atoms with Crippen molar-refractivity contribution in [1.82, 2.24) is 4.90 Å². The van der Waals surface area contributed by atoms with Crippen molar-refractivity contribution in [3.05, 3.63) is 48.0 Å². The maximum absolute atomic E-state index is 11.7. The smallest absolute Gasteiger partial charge is 0.236 e. The number of carbonyl (C=O) groups excluding carboxylic acids is 1. The van der Waals surface area contributed by atoms with Crippen LogP contribution in [0.4, 0.5) is 0 Å². The second-order valence-corrected chi connectivity index (χ2v) is 5.71. The predicted molar refractivity (Wildman–Crippen MR) is 79.8 cm³/mol. The van der Waals surface area contributed by atoms with Crippen molar-refractivity contribution < 1.29 is 4.79 Å². The van der Waals surface area contributed by atoms with E-state index in [0.717, 1.165) is 5.56 Å². The molecule has 1 aromatic carbocycles. The molecule has 3 heteroatoms. The number of hydrogen-bond donors (Lipinski definition) is 1. The number of rotatable bonds is 5. The summed E-state index contributed by atoms with van der Waals surface area (Å²) >= 11 is 0. The normalized spacial score (nSPS) is 11.2. The molecule has 1 amide bonds. The van der Waals surface area contributed by atoms with Crippen LogP contribution in [-0.4, -0.2) is 23.9 Å². The van der Waals surface area contributed by atoms with Gasteiger partial charge in [0.15, 0.2) is 0 Å². The molecule has 1 aromatic rings. The van der Waals surface area contributed by atoms with Crippen LogP contribution in [0, 0.1) is 0 Å². The van der Waals surface area contributed by atoms with E-state index in [-0.39, 0.29) is 17.9 Å². The Hall–Kier alpha value is -1.61. The highest BCUT2D eigenvalue weighted by atomic mass is 16.2. The molecule has 104 valence electrons. The molecule has 0 aliphatic rings. The largest absolute Gasteiger partial charge is 0.334 e. The van der Waals surface area contributed by atoms with E-state index < -0.39 is 0 Å². The molecular formula is C16H24N2O. The van der Waals surface area contributed by atoms with Crippen molar-refractivity contribution in [3.63, 3.8) is 0 Å². The van der Waals surface area contributed by atoms with Gasteiger partial charge < -0.3 is 10.6 Å². The van der Waals surface area contributed by atoms with E-state index in [4.69, 9.17) is 5.73 Å². The third-order valence-corrected chi connectivity index (χ3v) is 3.07. The fraction of sp³-hybridized carbons (Fsp3) is 0.438. The highest BCUT2D eigenvalue weighted by Crippen LogP contribution is 2.22. The first kappa shape index (κ1) is 15.4. The lowest BCUT2D eigenvalue weighted by molar-refractivity contribution is -0.129. The van der Waals surface area contributed by atoms with E-state index in [1.54, 1.807) is 11.0 Å². The van der Waals surface area contributed by atoms with Crippen LogP contribution in [-0.2, 0) is 16.8 Å². The summed E-state index contributed by atoms with van der Waals surface area (Å²) in [6.07, 6.45) is 1.72. The molecule has 0 saturated carbocycles. The summed E-state index contributed by atoms with van der Waals surface area (Å²) in [5.41, 5.74) is 7.95. The van der Waals surface area contributed by atoms with Crippen LogP contribution in [0.2, 0.25) is 0 Å². The van der Waals surface area contributed by atoms with E-state index in [1.807, 2.05) is 0 Å². The van der Waals surface area contributed by atoms with Crippen molar-refractivity contribution in [2.24, 2.45) is 5.73 Å². The summed E-state index contributed by atoms with van der Waals surface area (Å²) in [5.74, 6) is -0.0557. The molecule has 0 saturated heterocycles. The minimum Gasteiger partial charge on any atom is -0.334 e. The minimum atomic E-state index is -0.0557. The molecule has 0 unspecified atom stereocenters. The van der Waals surface area contributed by atoms with E-state index in [0.29, 0.717) is 13.1 Å². The molecule has 3 nitrogen and oxygen atoms in total. The maximum atomic E-state index is 11.7.